The number of esters is 1. The molecule has 0 aliphatic carbocycles. The average Bonchev–Trinajstić information content (AvgIpc) is 2.36. The number of halogens is 1. The molecule has 5 heteroatoms. The number of rotatable bonds is 4. The zero-order valence-corrected chi connectivity index (χ0v) is 10.5. The van der Waals surface area contributed by atoms with Gasteiger partial charge in [0.2, 0.25) is 5.78 Å². The molecule has 0 saturated carbocycles. The molecule has 0 radical (unpaired) electrons. The molecule has 0 N–H and O–H groups in total. The molecule has 1 aromatic rings. The predicted molar refractivity (Wildman–Crippen MR) is 61.8 cm³/mol. The van der Waals surface area contributed by atoms with Crippen LogP contribution in [0.2, 0.25) is 0 Å². The normalized spacial score (nSPS) is 11.9. The van der Waals surface area contributed by atoms with Gasteiger partial charge in [0.05, 0.1) is 12.7 Å². The van der Waals surface area contributed by atoms with Crippen LogP contribution in [0.4, 0.5) is 0 Å². The molecule has 1 aromatic carbocycles. The SMILES string of the molecule is COC(=O)c1ccc(C(=O)C(Br)OC)cc1. The van der Waals surface area contributed by atoms with E-state index in [1.54, 1.807) is 12.1 Å². The van der Waals surface area contributed by atoms with Crippen molar-refractivity contribution in [3.05, 3.63) is 35.4 Å². The van der Waals surface area contributed by atoms with Crippen LogP contribution in [-0.4, -0.2) is 31.0 Å². The van der Waals surface area contributed by atoms with Crippen molar-refractivity contribution in [2.45, 2.75) is 5.01 Å². The van der Waals surface area contributed by atoms with Gasteiger partial charge in [0, 0.05) is 12.7 Å². The van der Waals surface area contributed by atoms with Crippen molar-refractivity contribution in [3.8, 4) is 0 Å². The van der Waals surface area contributed by atoms with E-state index in [0.29, 0.717) is 11.1 Å². The van der Waals surface area contributed by atoms with E-state index >= 15 is 0 Å². The molecular formula is C11H11BrO4. The van der Waals surface area contributed by atoms with Gasteiger partial charge in [-0.2, -0.15) is 0 Å². The van der Waals surface area contributed by atoms with Crippen LogP contribution in [0, 0.1) is 0 Å². The standard InChI is InChI=1S/C11H11BrO4/c1-15-10(12)9(13)7-3-5-8(6-4-7)11(14)16-2/h3-6,10H,1-2H3. The zero-order chi connectivity index (χ0) is 12.1. The second-order valence-corrected chi connectivity index (χ2v) is 3.82. The van der Waals surface area contributed by atoms with Crippen molar-refractivity contribution in [2.75, 3.05) is 14.2 Å². The van der Waals surface area contributed by atoms with Crippen molar-refractivity contribution in [2.24, 2.45) is 0 Å². The number of alkyl halides is 1. The van der Waals surface area contributed by atoms with E-state index in [0.717, 1.165) is 0 Å². The topological polar surface area (TPSA) is 52.6 Å². The van der Waals surface area contributed by atoms with Gasteiger partial charge in [0.1, 0.15) is 0 Å². The smallest absolute Gasteiger partial charge is 0.337 e. The minimum atomic E-state index is -0.670. The second kappa shape index (κ2) is 5.77. The van der Waals surface area contributed by atoms with Crippen LogP contribution < -0.4 is 0 Å². The second-order valence-electron chi connectivity index (χ2n) is 2.98. The van der Waals surface area contributed by atoms with E-state index < -0.39 is 11.0 Å². The van der Waals surface area contributed by atoms with Gasteiger partial charge in [0.15, 0.2) is 5.01 Å². The Labute approximate surface area is 102 Å². The first-order valence-electron chi connectivity index (χ1n) is 4.49. The highest BCUT2D eigenvalue weighted by molar-refractivity contribution is 9.09. The van der Waals surface area contributed by atoms with Crippen LogP contribution in [0.3, 0.4) is 0 Å². The Morgan fingerprint density at radius 2 is 1.62 bits per heavy atom. The maximum Gasteiger partial charge on any atom is 0.337 e. The summed E-state index contributed by atoms with van der Waals surface area (Å²) in [6.07, 6.45) is 0. The van der Waals surface area contributed by atoms with Gasteiger partial charge in [-0.25, -0.2) is 4.79 Å². The van der Waals surface area contributed by atoms with Crippen molar-refractivity contribution in [1.29, 1.82) is 0 Å². The number of ketones is 1. The van der Waals surface area contributed by atoms with Crippen molar-refractivity contribution < 1.29 is 19.1 Å². The summed E-state index contributed by atoms with van der Waals surface area (Å²) in [5, 5.41) is -0.670. The minimum Gasteiger partial charge on any atom is -0.465 e. The lowest BCUT2D eigenvalue weighted by molar-refractivity contribution is 0.0600. The van der Waals surface area contributed by atoms with Crippen LogP contribution in [-0.2, 0) is 9.47 Å². The predicted octanol–water partition coefficient (Wildman–Crippen LogP) is 2.02. The van der Waals surface area contributed by atoms with Gasteiger partial charge in [-0.15, -0.1) is 0 Å². The van der Waals surface area contributed by atoms with Crippen LogP contribution in [0.15, 0.2) is 24.3 Å². The molecule has 0 amide bonds. The zero-order valence-electron chi connectivity index (χ0n) is 8.90. The van der Waals surface area contributed by atoms with Crippen LogP contribution in [0.5, 0.6) is 0 Å². The molecule has 16 heavy (non-hydrogen) atoms. The number of carbonyl (C=O) groups excluding carboxylic acids is 2. The maximum absolute atomic E-state index is 11.6. The summed E-state index contributed by atoms with van der Waals surface area (Å²) in [7, 11) is 2.74. The monoisotopic (exact) mass is 286 g/mol. The molecule has 0 aromatic heterocycles. The first-order valence-corrected chi connectivity index (χ1v) is 5.41. The first-order chi connectivity index (χ1) is 7.60. The minimum absolute atomic E-state index is 0.195. The molecule has 0 fully saturated rings. The number of hydrogen-bond acceptors (Lipinski definition) is 4. The van der Waals surface area contributed by atoms with Crippen LogP contribution in [0.1, 0.15) is 20.7 Å². The van der Waals surface area contributed by atoms with Gasteiger partial charge in [-0.3, -0.25) is 4.79 Å². The van der Waals surface area contributed by atoms with Gasteiger partial charge in [-0.1, -0.05) is 12.1 Å². The van der Waals surface area contributed by atoms with E-state index in [1.165, 1.54) is 26.4 Å². The highest BCUT2D eigenvalue weighted by atomic mass is 79.9. The summed E-state index contributed by atoms with van der Waals surface area (Å²) in [6.45, 7) is 0. The lowest BCUT2D eigenvalue weighted by Crippen LogP contribution is -2.16. The molecule has 86 valence electrons. The Balaban J connectivity index is 2.87. The molecule has 0 spiro atoms. The first kappa shape index (κ1) is 12.9. The highest BCUT2D eigenvalue weighted by Crippen LogP contribution is 2.12. The molecule has 0 saturated heterocycles. The summed E-state index contributed by atoms with van der Waals surface area (Å²) in [4.78, 5) is 22.8. The summed E-state index contributed by atoms with van der Waals surface area (Å²) < 4.78 is 9.39. The third-order valence-electron chi connectivity index (χ3n) is 2.00. The lowest BCUT2D eigenvalue weighted by Gasteiger charge is -2.06. The van der Waals surface area contributed by atoms with E-state index in [4.69, 9.17) is 4.74 Å². The molecule has 0 bridgehead atoms. The third-order valence-corrected chi connectivity index (χ3v) is 2.79. The molecule has 0 aliphatic heterocycles. The van der Waals surface area contributed by atoms with E-state index in [1.807, 2.05) is 0 Å². The van der Waals surface area contributed by atoms with Crippen molar-refractivity contribution in [3.63, 3.8) is 0 Å². The number of hydrogen-bond donors (Lipinski definition) is 0. The fourth-order valence-corrected chi connectivity index (χ4v) is 1.39. The molecule has 1 unspecified atom stereocenters. The number of Topliss-reactive ketones (excluding diaryl/α,β-unsaturated/α-hetero) is 1. The van der Waals surface area contributed by atoms with Gasteiger partial charge >= 0.3 is 5.97 Å². The maximum atomic E-state index is 11.6. The Kier molecular flexibility index (Phi) is 4.64. The molecule has 1 rings (SSSR count). The molecule has 0 heterocycles. The number of methoxy groups -OCH3 is 2. The molecule has 4 nitrogen and oxygen atoms in total. The fraction of sp³-hybridized carbons (Fsp3) is 0.273. The average molecular weight is 287 g/mol. The number of benzene rings is 1. The quantitative estimate of drug-likeness (QED) is 0.483. The number of carbonyl (C=O) groups is 2. The Morgan fingerprint density at radius 3 is 2.06 bits per heavy atom. The Bertz CT molecular complexity index is 385. The molecular weight excluding hydrogens is 276 g/mol. The van der Waals surface area contributed by atoms with Crippen molar-refractivity contribution >= 4 is 27.7 Å². The molecule has 0 aliphatic rings. The van der Waals surface area contributed by atoms with E-state index in [9.17, 15) is 9.59 Å². The van der Waals surface area contributed by atoms with Crippen LogP contribution >= 0.6 is 15.9 Å². The van der Waals surface area contributed by atoms with Crippen LogP contribution in [0.25, 0.3) is 0 Å². The Morgan fingerprint density at radius 1 is 1.12 bits per heavy atom. The van der Waals surface area contributed by atoms with E-state index in [-0.39, 0.29) is 5.78 Å². The largest absolute Gasteiger partial charge is 0.465 e. The summed E-state index contributed by atoms with van der Waals surface area (Å²) in [5.41, 5.74) is 0.874. The summed E-state index contributed by atoms with van der Waals surface area (Å²) in [6, 6.07) is 6.19. The number of ether oxygens (including phenoxy) is 2. The summed E-state index contributed by atoms with van der Waals surface area (Å²) in [5.74, 6) is -0.625. The van der Waals surface area contributed by atoms with Gasteiger partial charge < -0.3 is 9.47 Å². The van der Waals surface area contributed by atoms with Crippen molar-refractivity contribution in [1.82, 2.24) is 0 Å². The Hall–Kier alpha value is -1.20. The van der Waals surface area contributed by atoms with Gasteiger partial charge in [0.25, 0.3) is 0 Å². The fourth-order valence-electron chi connectivity index (χ4n) is 1.13. The molecule has 1 atom stereocenters. The lowest BCUT2D eigenvalue weighted by atomic mass is 10.1. The van der Waals surface area contributed by atoms with Gasteiger partial charge in [-0.05, 0) is 28.1 Å². The van der Waals surface area contributed by atoms with E-state index in [2.05, 4.69) is 20.7 Å². The third kappa shape index (κ3) is 2.90. The summed E-state index contributed by atoms with van der Waals surface area (Å²) >= 11 is 3.08. The highest BCUT2D eigenvalue weighted by Gasteiger charge is 2.16.